The topological polar surface area (TPSA) is 67.5 Å². The Morgan fingerprint density at radius 3 is 2.58 bits per heavy atom. The van der Waals surface area contributed by atoms with Gasteiger partial charge in [0, 0.05) is 0 Å². The van der Waals surface area contributed by atoms with E-state index in [2.05, 4.69) is 0 Å². The predicted octanol–water partition coefficient (Wildman–Crippen LogP) is 2.95. The molecule has 0 radical (unpaired) electrons. The number of hydrogen-bond donors (Lipinski definition) is 1. The van der Waals surface area contributed by atoms with Crippen LogP contribution in [0.4, 0.5) is 0 Å². The molecule has 0 spiro atoms. The van der Waals surface area contributed by atoms with Crippen LogP contribution in [-0.4, -0.2) is 11.1 Å². The van der Waals surface area contributed by atoms with E-state index in [-0.39, 0.29) is 11.0 Å². The maximum absolute atomic E-state index is 12.3. The Balaban J connectivity index is 2.46. The second-order valence-electron chi connectivity index (χ2n) is 4.45. The third-order valence-electron chi connectivity index (χ3n) is 3.07. The first kappa shape index (κ1) is 11.5. The molecule has 0 saturated carbocycles. The molecule has 0 amide bonds. The molecule has 0 atom stereocenters. The van der Waals surface area contributed by atoms with Crippen LogP contribution in [0.1, 0.15) is 15.9 Å². The van der Waals surface area contributed by atoms with Gasteiger partial charge in [0.1, 0.15) is 11.2 Å². The Kier molecular flexibility index (Phi) is 2.38. The lowest BCUT2D eigenvalue weighted by molar-refractivity contribution is 0.0697. The number of carboxylic acids is 1. The molecule has 0 unspecified atom stereocenters. The van der Waals surface area contributed by atoms with Gasteiger partial charge in [0.15, 0.2) is 0 Å². The number of aryl methyl sites for hydroxylation is 1. The molecule has 0 aliphatic carbocycles. The monoisotopic (exact) mass is 254 g/mol. The van der Waals surface area contributed by atoms with E-state index in [4.69, 9.17) is 9.52 Å². The quantitative estimate of drug-likeness (QED) is 0.678. The average molecular weight is 254 g/mol. The number of carboxylic acid groups (broad SMARTS) is 1. The maximum Gasteiger partial charge on any atom is 0.335 e. The summed E-state index contributed by atoms with van der Waals surface area (Å²) in [5, 5.41) is 9.85. The summed E-state index contributed by atoms with van der Waals surface area (Å²) in [5.74, 6) is -1.05. The summed E-state index contributed by atoms with van der Waals surface area (Å²) < 4.78 is 5.61. The van der Waals surface area contributed by atoms with Gasteiger partial charge in [0.05, 0.1) is 16.3 Å². The molecule has 1 heterocycles. The van der Waals surface area contributed by atoms with E-state index in [0.717, 1.165) is 5.56 Å². The molecule has 4 nitrogen and oxygen atoms in total. The van der Waals surface area contributed by atoms with E-state index in [1.54, 1.807) is 12.1 Å². The van der Waals surface area contributed by atoms with Crippen LogP contribution in [0.25, 0.3) is 21.9 Å². The number of fused-ring (bicyclic) bond motifs is 2. The molecule has 0 aliphatic rings. The maximum atomic E-state index is 12.3. The molecule has 0 bridgehead atoms. The number of aromatic carboxylic acids is 1. The Morgan fingerprint density at radius 2 is 1.84 bits per heavy atom. The second-order valence-corrected chi connectivity index (χ2v) is 4.45. The highest BCUT2D eigenvalue weighted by Gasteiger charge is 2.10. The summed E-state index contributed by atoms with van der Waals surface area (Å²) in [6.07, 6.45) is 0. The third kappa shape index (κ3) is 1.78. The minimum Gasteiger partial charge on any atom is -0.478 e. The zero-order valence-corrected chi connectivity index (χ0v) is 10.1. The van der Waals surface area contributed by atoms with Crippen molar-refractivity contribution in [1.82, 2.24) is 0 Å². The normalized spacial score (nSPS) is 11.0. The highest BCUT2D eigenvalue weighted by Crippen LogP contribution is 2.20. The highest BCUT2D eigenvalue weighted by atomic mass is 16.4. The lowest BCUT2D eigenvalue weighted by Gasteiger charge is -2.03. The first-order valence-corrected chi connectivity index (χ1v) is 5.77. The summed E-state index contributed by atoms with van der Waals surface area (Å²) in [4.78, 5) is 23.2. The molecule has 2 aromatic carbocycles. The van der Waals surface area contributed by atoms with Crippen molar-refractivity contribution in [1.29, 1.82) is 0 Å². The van der Waals surface area contributed by atoms with Crippen molar-refractivity contribution in [2.75, 3.05) is 0 Å². The first-order valence-electron chi connectivity index (χ1n) is 5.77. The smallest absolute Gasteiger partial charge is 0.335 e. The molecule has 94 valence electrons. The van der Waals surface area contributed by atoms with Crippen LogP contribution >= 0.6 is 0 Å². The molecule has 3 rings (SSSR count). The van der Waals surface area contributed by atoms with Gasteiger partial charge < -0.3 is 9.52 Å². The average Bonchev–Trinajstić information content (AvgIpc) is 2.39. The van der Waals surface area contributed by atoms with Crippen LogP contribution in [-0.2, 0) is 0 Å². The summed E-state index contributed by atoms with van der Waals surface area (Å²) in [5.41, 5.74) is 1.69. The van der Waals surface area contributed by atoms with Crippen molar-refractivity contribution in [3.05, 3.63) is 57.7 Å². The number of carbonyl (C=O) groups is 1. The number of rotatable bonds is 1. The van der Waals surface area contributed by atoms with E-state index in [9.17, 15) is 9.59 Å². The van der Waals surface area contributed by atoms with Crippen molar-refractivity contribution >= 4 is 27.9 Å². The van der Waals surface area contributed by atoms with Crippen LogP contribution < -0.4 is 5.43 Å². The van der Waals surface area contributed by atoms with Gasteiger partial charge in [-0.15, -0.1) is 0 Å². The van der Waals surface area contributed by atoms with Gasteiger partial charge in [-0.3, -0.25) is 4.79 Å². The van der Waals surface area contributed by atoms with Gasteiger partial charge in [0.2, 0.25) is 5.43 Å². The van der Waals surface area contributed by atoms with Crippen molar-refractivity contribution in [2.45, 2.75) is 6.92 Å². The largest absolute Gasteiger partial charge is 0.478 e. The zero-order chi connectivity index (χ0) is 13.6. The summed E-state index contributed by atoms with van der Waals surface area (Å²) >= 11 is 0. The predicted molar refractivity (Wildman–Crippen MR) is 71.7 cm³/mol. The summed E-state index contributed by atoms with van der Waals surface area (Å²) in [6, 6.07) is 9.61. The van der Waals surface area contributed by atoms with Crippen LogP contribution in [0.5, 0.6) is 0 Å². The molecule has 1 N–H and O–H groups in total. The van der Waals surface area contributed by atoms with Crippen LogP contribution in [0.3, 0.4) is 0 Å². The molecule has 4 heteroatoms. The SMILES string of the molecule is Cc1ccc2oc3cc(C(=O)O)ccc3c(=O)c2c1. The van der Waals surface area contributed by atoms with E-state index >= 15 is 0 Å². The molecule has 0 saturated heterocycles. The standard InChI is InChI=1S/C15H10O4/c1-8-2-5-12-11(6-8)14(16)10-4-3-9(15(17)18)7-13(10)19-12/h2-7H,1H3,(H,17,18). The van der Waals surface area contributed by atoms with Crippen LogP contribution in [0.15, 0.2) is 45.6 Å². The van der Waals surface area contributed by atoms with Gasteiger partial charge in [-0.25, -0.2) is 4.79 Å². The Labute approximate surface area is 107 Å². The van der Waals surface area contributed by atoms with Gasteiger partial charge in [0.25, 0.3) is 0 Å². The third-order valence-corrected chi connectivity index (χ3v) is 3.07. The lowest BCUT2D eigenvalue weighted by Crippen LogP contribution is -2.04. The fourth-order valence-electron chi connectivity index (χ4n) is 2.10. The number of benzene rings is 2. The van der Waals surface area contributed by atoms with Crippen molar-refractivity contribution in [2.24, 2.45) is 0 Å². The van der Waals surface area contributed by atoms with Crippen LogP contribution in [0, 0.1) is 6.92 Å². The molecule has 0 aliphatic heterocycles. The highest BCUT2D eigenvalue weighted by molar-refractivity contribution is 5.95. The van der Waals surface area contributed by atoms with Gasteiger partial charge in [-0.05, 0) is 37.3 Å². The first-order chi connectivity index (χ1) is 9.06. The molecule has 0 fully saturated rings. The van der Waals surface area contributed by atoms with Gasteiger partial charge in [-0.1, -0.05) is 11.6 Å². The van der Waals surface area contributed by atoms with Gasteiger partial charge in [-0.2, -0.15) is 0 Å². The van der Waals surface area contributed by atoms with Crippen molar-refractivity contribution in [3.63, 3.8) is 0 Å². The Bertz CT molecular complexity index is 874. The summed E-state index contributed by atoms with van der Waals surface area (Å²) in [7, 11) is 0. The Hall–Kier alpha value is -2.62. The van der Waals surface area contributed by atoms with E-state index < -0.39 is 5.97 Å². The fraction of sp³-hybridized carbons (Fsp3) is 0.0667. The van der Waals surface area contributed by atoms with E-state index in [1.807, 2.05) is 13.0 Å². The van der Waals surface area contributed by atoms with Gasteiger partial charge >= 0.3 is 5.97 Å². The minimum atomic E-state index is -1.05. The lowest BCUT2D eigenvalue weighted by atomic mass is 10.1. The molecular formula is C15H10O4. The molecular weight excluding hydrogens is 244 g/mol. The Morgan fingerprint density at radius 1 is 1.05 bits per heavy atom. The van der Waals surface area contributed by atoms with E-state index in [0.29, 0.717) is 21.9 Å². The molecule has 19 heavy (non-hydrogen) atoms. The van der Waals surface area contributed by atoms with Crippen LogP contribution in [0.2, 0.25) is 0 Å². The molecule has 1 aromatic heterocycles. The second kappa shape index (κ2) is 3.95. The zero-order valence-electron chi connectivity index (χ0n) is 10.1. The van der Waals surface area contributed by atoms with E-state index in [1.165, 1.54) is 18.2 Å². The van der Waals surface area contributed by atoms with Crippen molar-refractivity contribution < 1.29 is 14.3 Å². The number of hydrogen-bond acceptors (Lipinski definition) is 3. The minimum absolute atomic E-state index is 0.0992. The fourth-order valence-corrected chi connectivity index (χ4v) is 2.10. The summed E-state index contributed by atoms with van der Waals surface area (Å²) in [6.45, 7) is 1.90. The molecule has 3 aromatic rings. The van der Waals surface area contributed by atoms with Crippen molar-refractivity contribution in [3.8, 4) is 0 Å².